The number of aromatic nitrogens is 3. The van der Waals surface area contributed by atoms with Crippen LogP contribution in [0, 0.1) is 19.7 Å². The number of aryl methyl sites for hydroxylation is 1. The summed E-state index contributed by atoms with van der Waals surface area (Å²) in [6.45, 7) is 4.70. The van der Waals surface area contributed by atoms with Gasteiger partial charge in [-0.3, -0.25) is 9.36 Å². The summed E-state index contributed by atoms with van der Waals surface area (Å²) in [5.74, 6) is -2.24. The molecule has 1 atom stereocenters. The molecule has 0 saturated heterocycles. The minimum atomic E-state index is -1.13. The first-order chi connectivity index (χ1) is 14.2. The number of halogens is 1. The Morgan fingerprint density at radius 1 is 1.13 bits per heavy atom. The van der Waals surface area contributed by atoms with Gasteiger partial charge in [0.25, 0.3) is 0 Å². The number of hydrogen-bond donors (Lipinski definition) is 1. The van der Waals surface area contributed by atoms with Crippen molar-refractivity contribution in [2.24, 2.45) is 0 Å². The Morgan fingerprint density at radius 2 is 1.80 bits per heavy atom. The number of benzene rings is 1. The van der Waals surface area contributed by atoms with Crippen LogP contribution in [0.1, 0.15) is 49.5 Å². The Kier molecular flexibility index (Phi) is 5.81. The highest BCUT2D eigenvalue weighted by molar-refractivity contribution is 6.04. The number of imidazole rings is 1. The maximum Gasteiger partial charge on any atom is 0.357 e. The van der Waals surface area contributed by atoms with E-state index in [2.05, 4.69) is 9.97 Å². The van der Waals surface area contributed by atoms with E-state index in [1.807, 2.05) is 0 Å². The first-order valence-electron chi connectivity index (χ1n) is 9.05. The Balaban J connectivity index is 1.81. The van der Waals surface area contributed by atoms with E-state index in [0.29, 0.717) is 16.9 Å². The zero-order chi connectivity index (χ0) is 22.0. The van der Waals surface area contributed by atoms with Crippen molar-refractivity contribution in [2.75, 3.05) is 7.11 Å². The molecule has 3 aromatic rings. The molecule has 156 valence electrons. The van der Waals surface area contributed by atoms with E-state index in [9.17, 15) is 18.8 Å². The van der Waals surface area contributed by atoms with Crippen LogP contribution in [-0.4, -0.2) is 45.5 Å². The molecule has 0 aliphatic rings. The number of Topliss-reactive ketones (excluding diaryl/α,β-unsaturated/α-hetero) is 1. The van der Waals surface area contributed by atoms with Gasteiger partial charge in [0, 0.05) is 11.4 Å². The molecule has 0 amide bonds. The quantitative estimate of drug-likeness (QED) is 0.492. The van der Waals surface area contributed by atoms with Crippen molar-refractivity contribution in [1.82, 2.24) is 14.5 Å². The molecule has 0 aliphatic carbocycles. The summed E-state index contributed by atoms with van der Waals surface area (Å²) >= 11 is 0. The highest BCUT2D eigenvalue weighted by atomic mass is 19.1. The fourth-order valence-corrected chi connectivity index (χ4v) is 3.14. The van der Waals surface area contributed by atoms with Gasteiger partial charge in [-0.2, -0.15) is 0 Å². The molecule has 8 nitrogen and oxygen atoms in total. The first kappa shape index (κ1) is 21.0. The molecular weight excluding hydrogens is 393 g/mol. The van der Waals surface area contributed by atoms with E-state index in [1.54, 1.807) is 13.8 Å². The zero-order valence-electron chi connectivity index (χ0n) is 16.9. The van der Waals surface area contributed by atoms with E-state index in [-0.39, 0.29) is 17.0 Å². The van der Waals surface area contributed by atoms with Crippen LogP contribution in [0.4, 0.5) is 4.39 Å². The molecule has 1 unspecified atom stereocenters. The second-order valence-corrected chi connectivity index (χ2v) is 6.65. The number of ketones is 1. The fraction of sp³-hybridized carbons (Fsp3) is 0.238. The number of carbonyl (C=O) groups is 3. The second kappa shape index (κ2) is 8.32. The monoisotopic (exact) mass is 413 g/mol. The number of nitrogens with zero attached hydrogens (tertiary/aromatic N) is 2. The van der Waals surface area contributed by atoms with Gasteiger partial charge in [0.15, 0.2) is 11.8 Å². The van der Waals surface area contributed by atoms with Crippen molar-refractivity contribution in [3.63, 3.8) is 0 Å². The average molecular weight is 413 g/mol. The lowest BCUT2D eigenvalue weighted by Gasteiger charge is -2.13. The van der Waals surface area contributed by atoms with E-state index < -0.39 is 29.6 Å². The van der Waals surface area contributed by atoms with Crippen LogP contribution >= 0.6 is 0 Å². The Morgan fingerprint density at radius 3 is 2.43 bits per heavy atom. The molecule has 0 saturated carbocycles. The molecule has 9 heteroatoms. The topological polar surface area (TPSA) is 103 Å². The highest BCUT2D eigenvalue weighted by Crippen LogP contribution is 2.21. The molecule has 1 N–H and O–H groups in total. The predicted molar refractivity (Wildman–Crippen MR) is 104 cm³/mol. The van der Waals surface area contributed by atoms with E-state index in [4.69, 9.17) is 9.47 Å². The molecular formula is C21H20FN3O5. The lowest BCUT2D eigenvalue weighted by molar-refractivity contribution is 0.0309. The Labute approximate surface area is 171 Å². The number of hydrogen-bond acceptors (Lipinski definition) is 6. The molecule has 3 rings (SSSR count). The fourth-order valence-electron chi connectivity index (χ4n) is 3.14. The third kappa shape index (κ3) is 3.86. The summed E-state index contributed by atoms with van der Waals surface area (Å²) in [6, 6.07) is 5.49. The minimum absolute atomic E-state index is 0.0795. The predicted octanol–water partition coefficient (Wildman–Crippen LogP) is 3.17. The number of aromatic amines is 1. The minimum Gasteiger partial charge on any atom is -0.465 e. The van der Waals surface area contributed by atoms with Crippen molar-refractivity contribution in [1.29, 1.82) is 0 Å². The van der Waals surface area contributed by atoms with Gasteiger partial charge in [0.2, 0.25) is 5.78 Å². The van der Waals surface area contributed by atoms with Crippen LogP contribution in [0.15, 0.2) is 36.8 Å². The molecule has 2 aromatic heterocycles. The molecule has 2 heterocycles. The largest absolute Gasteiger partial charge is 0.465 e. The van der Waals surface area contributed by atoms with Gasteiger partial charge >= 0.3 is 11.9 Å². The van der Waals surface area contributed by atoms with Crippen LogP contribution in [0.5, 0.6) is 0 Å². The summed E-state index contributed by atoms with van der Waals surface area (Å²) in [4.78, 5) is 44.2. The second-order valence-electron chi connectivity index (χ2n) is 6.65. The number of H-pyrrole nitrogens is 1. The number of esters is 2. The van der Waals surface area contributed by atoms with Crippen molar-refractivity contribution in [2.45, 2.75) is 26.9 Å². The summed E-state index contributed by atoms with van der Waals surface area (Å²) in [5, 5.41) is 0. The normalized spacial score (nSPS) is 11.8. The zero-order valence-corrected chi connectivity index (χ0v) is 16.9. The van der Waals surface area contributed by atoms with Crippen LogP contribution in [0.2, 0.25) is 0 Å². The van der Waals surface area contributed by atoms with Crippen LogP contribution < -0.4 is 0 Å². The SMILES string of the molecule is COC(=O)c1c(C)[nH]c(C(=O)C(C)OC(=O)c2cncn2-c2ccc(F)cc2)c1C. The summed E-state index contributed by atoms with van der Waals surface area (Å²) in [7, 11) is 1.25. The third-order valence-corrected chi connectivity index (χ3v) is 4.68. The Bertz CT molecular complexity index is 1110. The number of rotatable bonds is 6. The van der Waals surface area contributed by atoms with Crippen molar-refractivity contribution in [3.05, 3.63) is 70.8 Å². The lowest BCUT2D eigenvalue weighted by Crippen LogP contribution is -2.26. The summed E-state index contributed by atoms with van der Waals surface area (Å²) < 4.78 is 24.7. The van der Waals surface area contributed by atoms with Gasteiger partial charge in [0.1, 0.15) is 5.82 Å². The van der Waals surface area contributed by atoms with Gasteiger partial charge in [-0.25, -0.2) is 19.0 Å². The average Bonchev–Trinajstić information content (AvgIpc) is 3.32. The van der Waals surface area contributed by atoms with Gasteiger partial charge < -0.3 is 14.5 Å². The first-order valence-corrected chi connectivity index (χ1v) is 9.05. The van der Waals surface area contributed by atoms with E-state index >= 15 is 0 Å². The lowest BCUT2D eigenvalue weighted by atomic mass is 10.1. The molecule has 30 heavy (non-hydrogen) atoms. The highest BCUT2D eigenvalue weighted by Gasteiger charge is 2.28. The molecule has 0 fully saturated rings. The van der Waals surface area contributed by atoms with Gasteiger partial charge in [-0.15, -0.1) is 0 Å². The van der Waals surface area contributed by atoms with Gasteiger partial charge in [-0.1, -0.05) is 0 Å². The van der Waals surface area contributed by atoms with Crippen LogP contribution in [0.3, 0.4) is 0 Å². The number of ether oxygens (including phenoxy) is 2. The van der Waals surface area contributed by atoms with Crippen molar-refractivity contribution in [3.8, 4) is 5.69 Å². The third-order valence-electron chi connectivity index (χ3n) is 4.68. The standard InChI is InChI=1S/C21H20FN3O5/c1-11-17(21(28)29-4)12(2)24-18(11)19(26)13(3)30-20(27)16-9-23-10-25(16)15-7-5-14(22)6-8-15/h5-10,13,24H,1-4H3. The maximum atomic E-state index is 13.2. The van der Waals surface area contributed by atoms with Crippen LogP contribution in [-0.2, 0) is 9.47 Å². The maximum absolute atomic E-state index is 13.2. The molecule has 0 spiro atoms. The molecule has 0 bridgehead atoms. The smallest absolute Gasteiger partial charge is 0.357 e. The van der Waals surface area contributed by atoms with Crippen molar-refractivity contribution >= 4 is 17.7 Å². The summed E-state index contributed by atoms with van der Waals surface area (Å²) in [6.07, 6.45) is 1.55. The number of nitrogens with one attached hydrogen (secondary N) is 1. The summed E-state index contributed by atoms with van der Waals surface area (Å²) in [5.41, 5.74) is 1.93. The molecule has 0 aliphatic heterocycles. The number of methoxy groups -OCH3 is 1. The number of carbonyl (C=O) groups excluding carboxylic acids is 3. The van der Waals surface area contributed by atoms with Gasteiger partial charge in [-0.05, 0) is 50.6 Å². The van der Waals surface area contributed by atoms with E-state index in [0.717, 1.165) is 0 Å². The molecule has 1 aromatic carbocycles. The Hall–Kier alpha value is -3.75. The van der Waals surface area contributed by atoms with Crippen molar-refractivity contribution < 1.29 is 28.2 Å². The van der Waals surface area contributed by atoms with Crippen LogP contribution in [0.25, 0.3) is 5.69 Å². The van der Waals surface area contributed by atoms with E-state index in [1.165, 1.54) is 55.4 Å². The molecule has 0 radical (unpaired) electrons. The van der Waals surface area contributed by atoms with Gasteiger partial charge in [0.05, 0.1) is 30.9 Å².